The summed E-state index contributed by atoms with van der Waals surface area (Å²) in [5, 5.41) is 15.1. The molecular formula is C22H25F2N5O4S. The van der Waals surface area contributed by atoms with E-state index in [1.54, 1.807) is 25.3 Å². The van der Waals surface area contributed by atoms with Crippen molar-refractivity contribution in [1.82, 2.24) is 15.3 Å². The quantitative estimate of drug-likeness (QED) is 0.447. The third-order valence-electron chi connectivity index (χ3n) is 5.32. The fourth-order valence-electron chi connectivity index (χ4n) is 3.86. The van der Waals surface area contributed by atoms with Gasteiger partial charge in [0.05, 0.1) is 28.9 Å². The van der Waals surface area contributed by atoms with Crippen LogP contribution in [0.3, 0.4) is 0 Å². The summed E-state index contributed by atoms with van der Waals surface area (Å²) in [6.45, 7) is 2.85. The second-order valence-corrected chi connectivity index (χ2v) is 9.09. The number of fused-ring (bicyclic) bond motifs is 1. The molecule has 12 heteroatoms. The number of aromatic nitrogens is 2. The van der Waals surface area contributed by atoms with Crippen LogP contribution in [0, 0.1) is 0 Å². The Morgan fingerprint density at radius 3 is 2.94 bits per heavy atom. The van der Waals surface area contributed by atoms with E-state index in [1.165, 1.54) is 23.5 Å². The van der Waals surface area contributed by atoms with Gasteiger partial charge in [0.25, 0.3) is 6.01 Å². The number of oxazole rings is 1. The standard InChI is InChI=1S/C22H25F2N5O4S/c1-11-7-16-18(34-21(27-16)28-20(31)25-9-12(2)30)13(3)29(11)22-26-10-17(33-22)14-5-4-6-15(8-14)32-19(23)24/h4-6,8,10-13,19,30H,7,9H2,1-3H3,(H2,25,27,28,31)/t11-,12-,13+/m1/s1. The number of ether oxygens (including phenoxy) is 1. The van der Waals surface area contributed by atoms with E-state index in [1.807, 2.05) is 18.7 Å². The van der Waals surface area contributed by atoms with Crippen LogP contribution in [0.25, 0.3) is 11.3 Å². The number of anilines is 2. The van der Waals surface area contributed by atoms with Gasteiger partial charge in [-0.25, -0.2) is 14.8 Å². The molecule has 1 aliphatic rings. The molecule has 0 radical (unpaired) electrons. The number of aliphatic hydroxyl groups is 1. The van der Waals surface area contributed by atoms with Gasteiger partial charge in [0.2, 0.25) is 0 Å². The summed E-state index contributed by atoms with van der Waals surface area (Å²) >= 11 is 1.37. The third-order valence-corrected chi connectivity index (χ3v) is 6.51. The number of alkyl halides is 2. The van der Waals surface area contributed by atoms with Crippen LogP contribution in [0.2, 0.25) is 0 Å². The van der Waals surface area contributed by atoms with E-state index < -0.39 is 18.7 Å². The largest absolute Gasteiger partial charge is 0.435 e. The number of nitrogens with one attached hydrogen (secondary N) is 2. The summed E-state index contributed by atoms with van der Waals surface area (Å²) < 4.78 is 35.6. The first-order chi connectivity index (χ1) is 16.2. The van der Waals surface area contributed by atoms with Gasteiger partial charge in [-0.15, -0.1) is 0 Å². The van der Waals surface area contributed by atoms with Crippen LogP contribution in [-0.2, 0) is 6.42 Å². The lowest BCUT2D eigenvalue weighted by Gasteiger charge is -2.36. The molecule has 0 aliphatic carbocycles. The first-order valence-corrected chi connectivity index (χ1v) is 11.5. The predicted octanol–water partition coefficient (Wildman–Crippen LogP) is 4.41. The van der Waals surface area contributed by atoms with E-state index in [-0.39, 0.29) is 24.4 Å². The number of hydrogen-bond acceptors (Lipinski definition) is 8. The predicted molar refractivity (Wildman–Crippen MR) is 123 cm³/mol. The lowest BCUT2D eigenvalue weighted by atomic mass is 10.0. The molecule has 0 unspecified atom stereocenters. The van der Waals surface area contributed by atoms with Crippen molar-refractivity contribution in [3.8, 4) is 17.1 Å². The maximum atomic E-state index is 12.5. The lowest BCUT2D eigenvalue weighted by molar-refractivity contribution is -0.0498. The van der Waals surface area contributed by atoms with Crippen molar-refractivity contribution in [3.63, 3.8) is 0 Å². The number of nitrogens with zero attached hydrogens (tertiary/aromatic N) is 3. The summed E-state index contributed by atoms with van der Waals surface area (Å²) in [5.74, 6) is 0.471. The zero-order chi connectivity index (χ0) is 24.4. The average Bonchev–Trinajstić information content (AvgIpc) is 3.39. The molecule has 3 heterocycles. The number of halogens is 2. The smallest absolute Gasteiger partial charge is 0.387 e. The Kier molecular flexibility index (Phi) is 6.98. The minimum absolute atomic E-state index is 0.0153. The van der Waals surface area contributed by atoms with Gasteiger partial charge in [0.1, 0.15) is 5.75 Å². The topological polar surface area (TPSA) is 113 Å². The van der Waals surface area contributed by atoms with Crippen molar-refractivity contribution in [3.05, 3.63) is 41.0 Å². The molecule has 3 N–H and O–H groups in total. The highest BCUT2D eigenvalue weighted by molar-refractivity contribution is 7.16. The Bertz CT molecular complexity index is 1150. The number of benzene rings is 1. The molecule has 1 aliphatic heterocycles. The molecule has 3 atom stereocenters. The van der Waals surface area contributed by atoms with E-state index in [2.05, 4.69) is 25.3 Å². The fourth-order valence-corrected chi connectivity index (χ4v) is 4.89. The second-order valence-electron chi connectivity index (χ2n) is 8.06. The van der Waals surface area contributed by atoms with Gasteiger partial charge in [-0.05, 0) is 32.9 Å². The first-order valence-electron chi connectivity index (χ1n) is 10.7. The van der Waals surface area contributed by atoms with Gasteiger partial charge >= 0.3 is 12.6 Å². The van der Waals surface area contributed by atoms with Crippen LogP contribution >= 0.6 is 11.3 Å². The third kappa shape index (κ3) is 5.28. The van der Waals surface area contributed by atoms with Gasteiger partial charge in [-0.3, -0.25) is 5.32 Å². The monoisotopic (exact) mass is 493 g/mol. The number of carbonyl (C=O) groups excluding carboxylic acids is 1. The molecule has 3 aromatic rings. The molecule has 0 saturated carbocycles. The molecule has 9 nitrogen and oxygen atoms in total. The van der Waals surface area contributed by atoms with Crippen LogP contribution in [0.4, 0.5) is 24.7 Å². The summed E-state index contributed by atoms with van der Waals surface area (Å²) in [5.41, 5.74) is 1.47. The van der Waals surface area contributed by atoms with Crippen molar-refractivity contribution < 1.29 is 27.8 Å². The first kappa shape index (κ1) is 23.9. The zero-order valence-corrected chi connectivity index (χ0v) is 19.6. The van der Waals surface area contributed by atoms with Gasteiger partial charge in [0, 0.05) is 24.6 Å². The highest BCUT2D eigenvalue weighted by atomic mass is 32.1. The molecule has 4 rings (SSSR count). The summed E-state index contributed by atoms with van der Waals surface area (Å²) in [6, 6.07) is 6.13. The zero-order valence-electron chi connectivity index (χ0n) is 18.8. The number of hydrogen-bond donors (Lipinski definition) is 3. The molecule has 0 saturated heterocycles. The Morgan fingerprint density at radius 1 is 1.41 bits per heavy atom. The van der Waals surface area contributed by atoms with E-state index in [0.717, 1.165) is 10.6 Å². The van der Waals surface area contributed by atoms with E-state index in [0.29, 0.717) is 28.9 Å². The number of urea groups is 1. The molecule has 0 fully saturated rings. The fraction of sp³-hybridized carbons (Fsp3) is 0.409. The molecule has 0 bridgehead atoms. The van der Waals surface area contributed by atoms with Gasteiger partial charge in [-0.2, -0.15) is 8.78 Å². The molecule has 2 amide bonds. The van der Waals surface area contributed by atoms with Crippen molar-refractivity contribution in [2.75, 3.05) is 16.8 Å². The molecule has 182 valence electrons. The molecule has 0 spiro atoms. The van der Waals surface area contributed by atoms with Crippen LogP contribution < -0.4 is 20.3 Å². The maximum absolute atomic E-state index is 12.5. The summed E-state index contributed by atoms with van der Waals surface area (Å²) in [6.07, 6.45) is 1.54. The second kappa shape index (κ2) is 9.94. The van der Waals surface area contributed by atoms with Crippen LogP contribution in [0.15, 0.2) is 34.9 Å². The van der Waals surface area contributed by atoms with Gasteiger partial charge in [0.15, 0.2) is 10.9 Å². The SMILES string of the molecule is C[C@@H]1Cc2nc(NC(=O)NC[C@@H](C)O)sc2[C@H](C)N1c1ncc(-c2cccc(OC(F)F)c2)o1. The van der Waals surface area contributed by atoms with Crippen molar-refractivity contribution in [2.24, 2.45) is 0 Å². The van der Waals surface area contributed by atoms with Crippen LogP contribution in [-0.4, -0.2) is 46.4 Å². The Balaban J connectivity index is 1.51. The molecular weight excluding hydrogens is 468 g/mol. The maximum Gasteiger partial charge on any atom is 0.387 e. The number of carbonyl (C=O) groups is 1. The Hall–Kier alpha value is -3.25. The minimum atomic E-state index is -2.91. The number of rotatable bonds is 7. The molecule has 2 aromatic heterocycles. The normalized spacial score (nSPS) is 18.5. The van der Waals surface area contributed by atoms with E-state index in [9.17, 15) is 18.7 Å². The summed E-state index contributed by atoms with van der Waals surface area (Å²) in [7, 11) is 0. The number of thiazole rings is 1. The van der Waals surface area contributed by atoms with Crippen molar-refractivity contribution in [2.45, 2.75) is 52.0 Å². The Labute approximate surface area is 198 Å². The van der Waals surface area contributed by atoms with E-state index in [4.69, 9.17) is 4.42 Å². The summed E-state index contributed by atoms with van der Waals surface area (Å²) in [4.78, 5) is 24.0. The van der Waals surface area contributed by atoms with Gasteiger partial charge in [-0.1, -0.05) is 23.5 Å². The minimum Gasteiger partial charge on any atom is -0.435 e. The van der Waals surface area contributed by atoms with Crippen LogP contribution in [0.1, 0.15) is 37.4 Å². The highest BCUT2D eigenvalue weighted by Gasteiger charge is 2.35. The Morgan fingerprint density at radius 2 is 2.21 bits per heavy atom. The van der Waals surface area contributed by atoms with E-state index >= 15 is 0 Å². The van der Waals surface area contributed by atoms with Crippen molar-refractivity contribution >= 4 is 28.5 Å². The van der Waals surface area contributed by atoms with Crippen LogP contribution in [0.5, 0.6) is 5.75 Å². The lowest BCUT2D eigenvalue weighted by Crippen LogP contribution is -2.40. The number of aliphatic hydroxyl groups excluding tert-OH is 1. The van der Waals surface area contributed by atoms with Crippen molar-refractivity contribution in [1.29, 1.82) is 0 Å². The molecule has 34 heavy (non-hydrogen) atoms. The highest BCUT2D eigenvalue weighted by Crippen LogP contribution is 2.41. The number of amides is 2. The van der Waals surface area contributed by atoms with Gasteiger partial charge < -0.3 is 24.5 Å². The molecule has 1 aromatic carbocycles. The average molecular weight is 494 g/mol.